The third-order valence-electron chi connectivity index (χ3n) is 4.12. The zero-order chi connectivity index (χ0) is 18.2. The van der Waals surface area contributed by atoms with Gasteiger partial charge in [0.15, 0.2) is 0 Å². The average Bonchev–Trinajstić information content (AvgIpc) is 3.06. The summed E-state index contributed by atoms with van der Waals surface area (Å²) in [7, 11) is -4.13. The maximum Gasteiger partial charge on any atom is 0.322 e. The van der Waals surface area contributed by atoms with Gasteiger partial charge in [0.25, 0.3) is 0 Å². The van der Waals surface area contributed by atoms with E-state index < -0.39 is 28.0 Å². The molecule has 7 nitrogen and oxygen atoms in total. The molecule has 0 aliphatic carbocycles. The van der Waals surface area contributed by atoms with Crippen LogP contribution in [-0.2, 0) is 14.8 Å². The Morgan fingerprint density at radius 2 is 2.04 bits per heavy atom. The predicted octanol–water partition coefficient (Wildman–Crippen LogP) is 1.83. The van der Waals surface area contributed by atoms with Gasteiger partial charge in [0.05, 0.1) is 4.90 Å². The lowest BCUT2D eigenvalue weighted by Crippen LogP contribution is -2.40. The van der Waals surface area contributed by atoms with Gasteiger partial charge in [0.2, 0.25) is 16.0 Å². The van der Waals surface area contributed by atoms with Crippen molar-refractivity contribution < 1.29 is 22.7 Å². The molecule has 1 aromatic carbocycles. The second-order valence-electron chi connectivity index (χ2n) is 5.81. The summed E-state index contributed by atoms with van der Waals surface area (Å²) in [6.07, 6.45) is 3.14. The molecule has 1 aromatic heterocycles. The molecule has 0 radical (unpaired) electrons. The first-order chi connectivity index (χ1) is 11.8. The summed E-state index contributed by atoms with van der Waals surface area (Å²) in [6, 6.07) is 3.32. The van der Waals surface area contributed by atoms with E-state index in [9.17, 15) is 22.7 Å². The van der Waals surface area contributed by atoms with Crippen LogP contribution in [0.2, 0.25) is 0 Å². The van der Waals surface area contributed by atoms with E-state index >= 15 is 0 Å². The van der Waals surface area contributed by atoms with Crippen LogP contribution >= 0.6 is 0 Å². The van der Waals surface area contributed by atoms with Gasteiger partial charge >= 0.3 is 5.97 Å². The van der Waals surface area contributed by atoms with Crippen LogP contribution in [-0.4, -0.2) is 46.4 Å². The Morgan fingerprint density at radius 1 is 1.32 bits per heavy atom. The first-order valence-electron chi connectivity index (χ1n) is 7.64. The number of nitrogens with zero attached hydrogens (tertiary/aromatic N) is 3. The van der Waals surface area contributed by atoms with E-state index in [-0.39, 0.29) is 29.1 Å². The second-order valence-corrected chi connectivity index (χ2v) is 7.67. The van der Waals surface area contributed by atoms with Crippen molar-refractivity contribution >= 4 is 16.0 Å². The van der Waals surface area contributed by atoms with E-state index in [4.69, 9.17) is 0 Å². The first kappa shape index (κ1) is 17.4. The van der Waals surface area contributed by atoms with E-state index in [1.54, 1.807) is 13.0 Å². The molecule has 3 rings (SSSR count). The van der Waals surface area contributed by atoms with Gasteiger partial charge in [-0.25, -0.2) is 18.4 Å². The minimum atomic E-state index is -4.13. The number of carbonyl (C=O) groups is 1. The monoisotopic (exact) mass is 365 g/mol. The molecular formula is C16H16FN3O4S. The van der Waals surface area contributed by atoms with Crippen LogP contribution in [0.3, 0.4) is 0 Å². The predicted molar refractivity (Wildman–Crippen MR) is 86.7 cm³/mol. The normalized spacial score (nSPS) is 18.4. The molecule has 1 aliphatic heterocycles. The topological polar surface area (TPSA) is 100 Å². The van der Waals surface area contributed by atoms with Crippen LogP contribution in [0.1, 0.15) is 18.4 Å². The SMILES string of the molecule is Cc1ccc(S(=O)(=O)N2CCC[C@H]2C(=O)O)c(-c2nccnc2F)c1. The van der Waals surface area contributed by atoms with Crippen molar-refractivity contribution in [3.05, 3.63) is 42.1 Å². The molecule has 1 atom stereocenters. The average molecular weight is 365 g/mol. The summed E-state index contributed by atoms with van der Waals surface area (Å²) >= 11 is 0. The lowest BCUT2D eigenvalue weighted by atomic mass is 10.1. The molecule has 0 amide bonds. The van der Waals surface area contributed by atoms with Crippen molar-refractivity contribution in [3.8, 4) is 11.3 Å². The molecule has 25 heavy (non-hydrogen) atoms. The third kappa shape index (κ3) is 3.12. The number of sulfonamides is 1. The molecule has 1 aliphatic rings. The fraction of sp³-hybridized carbons (Fsp3) is 0.312. The molecule has 1 N–H and O–H groups in total. The highest BCUT2D eigenvalue weighted by atomic mass is 32.2. The summed E-state index contributed by atoms with van der Waals surface area (Å²) in [4.78, 5) is 18.6. The van der Waals surface area contributed by atoms with Crippen molar-refractivity contribution in [3.63, 3.8) is 0 Å². The molecule has 0 spiro atoms. The Labute approximate surface area is 144 Å². The molecule has 132 valence electrons. The molecule has 1 saturated heterocycles. The Kier molecular flexibility index (Phi) is 4.53. The minimum absolute atomic E-state index is 0.0710. The van der Waals surface area contributed by atoms with E-state index in [0.29, 0.717) is 6.42 Å². The van der Waals surface area contributed by atoms with Crippen molar-refractivity contribution in [1.29, 1.82) is 0 Å². The van der Waals surface area contributed by atoms with Crippen LogP contribution in [0.4, 0.5) is 4.39 Å². The second kappa shape index (κ2) is 6.49. The summed E-state index contributed by atoms with van der Waals surface area (Å²) in [5.41, 5.74) is 0.604. The summed E-state index contributed by atoms with van der Waals surface area (Å²) in [5, 5.41) is 9.28. The number of benzene rings is 1. The van der Waals surface area contributed by atoms with Crippen LogP contribution in [0, 0.1) is 12.9 Å². The fourth-order valence-corrected chi connectivity index (χ4v) is 4.78. The molecule has 9 heteroatoms. The van der Waals surface area contributed by atoms with Gasteiger partial charge in [-0.2, -0.15) is 8.70 Å². The van der Waals surface area contributed by atoms with Crippen molar-refractivity contribution in [2.24, 2.45) is 0 Å². The summed E-state index contributed by atoms with van der Waals surface area (Å²) in [6.45, 7) is 1.85. The van der Waals surface area contributed by atoms with E-state index in [1.807, 2.05) is 0 Å². The number of aliphatic carboxylic acids is 1. The fourth-order valence-electron chi connectivity index (χ4n) is 2.96. The van der Waals surface area contributed by atoms with Gasteiger partial charge in [-0.3, -0.25) is 4.79 Å². The molecule has 0 saturated carbocycles. The highest BCUT2D eigenvalue weighted by Gasteiger charge is 2.40. The van der Waals surface area contributed by atoms with Crippen molar-refractivity contribution in [1.82, 2.24) is 14.3 Å². The Bertz CT molecular complexity index is 933. The quantitative estimate of drug-likeness (QED) is 0.887. The number of hydrogen-bond acceptors (Lipinski definition) is 5. The Balaban J connectivity index is 2.18. The standard InChI is InChI=1S/C16H16FN3O4S/c1-10-4-5-13(11(9-10)14-15(17)19-7-6-18-14)25(23,24)20-8-2-3-12(20)16(21)22/h4-7,9,12H,2-3,8H2,1H3,(H,21,22)/t12-/m0/s1. The number of aryl methyl sites for hydroxylation is 1. The van der Waals surface area contributed by atoms with E-state index in [0.717, 1.165) is 9.87 Å². The zero-order valence-corrected chi connectivity index (χ0v) is 14.2. The number of hydrogen-bond donors (Lipinski definition) is 1. The number of aromatic nitrogens is 2. The van der Waals surface area contributed by atoms with E-state index in [2.05, 4.69) is 9.97 Å². The van der Waals surface area contributed by atoms with Crippen LogP contribution < -0.4 is 0 Å². The number of halogens is 1. The van der Waals surface area contributed by atoms with Gasteiger partial charge < -0.3 is 5.11 Å². The van der Waals surface area contributed by atoms with Gasteiger partial charge in [-0.05, 0) is 31.9 Å². The molecule has 1 fully saturated rings. The summed E-state index contributed by atoms with van der Waals surface area (Å²) < 4.78 is 41.2. The van der Waals surface area contributed by atoms with Crippen LogP contribution in [0.5, 0.6) is 0 Å². The number of carboxylic acid groups (broad SMARTS) is 1. The van der Waals surface area contributed by atoms with Crippen molar-refractivity contribution in [2.45, 2.75) is 30.7 Å². The molecule has 2 aromatic rings. The molecule has 0 unspecified atom stereocenters. The highest BCUT2D eigenvalue weighted by Crippen LogP contribution is 2.33. The lowest BCUT2D eigenvalue weighted by molar-refractivity contribution is -0.140. The zero-order valence-electron chi connectivity index (χ0n) is 13.4. The van der Waals surface area contributed by atoms with Gasteiger partial charge in [-0.1, -0.05) is 11.6 Å². The molecule has 0 bridgehead atoms. The lowest BCUT2D eigenvalue weighted by Gasteiger charge is -2.22. The smallest absolute Gasteiger partial charge is 0.322 e. The minimum Gasteiger partial charge on any atom is -0.480 e. The maximum atomic E-state index is 14.1. The largest absolute Gasteiger partial charge is 0.480 e. The third-order valence-corrected chi connectivity index (χ3v) is 6.09. The van der Waals surface area contributed by atoms with Crippen LogP contribution in [0.25, 0.3) is 11.3 Å². The highest BCUT2D eigenvalue weighted by molar-refractivity contribution is 7.89. The van der Waals surface area contributed by atoms with Crippen molar-refractivity contribution in [2.75, 3.05) is 6.54 Å². The summed E-state index contributed by atoms with van der Waals surface area (Å²) in [5.74, 6) is -2.08. The Morgan fingerprint density at radius 3 is 2.72 bits per heavy atom. The first-order valence-corrected chi connectivity index (χ1v) is 9.08. The maximum absolute atomic E-state index is 14.1. The van der Waals surface area contributed by atoms with Gasteiger partial charge in [0.1, 0.15) is 11.7 Å². The van der Waals surface area contributed by atoms with Crippen LogP contribution in [0.15, 0.2) is 35.5 Å². The molecular weight excluding hydrogens is 349 g/mol. The number of rotatable bonds is 4. The van der Waals surface area contributed by atoms with Gasteiger partial charge in [-0.15, -0.1) is 0 Å². The number of carboxylic acids is 1. The van der Waals surface area contributed by atoms with Gasteiger partial charge in [0, 0.05) is 24.5 Å². The molecule has 2 heterocycles. The Hall–Kier alpha value is -2.39. The van der Waals surface area contributed by atoms with E-state index in [1.165, 1.54) is 24.5 Å².